The summed E-state index contributed by atoms with van der Waals surface area (Å²) in [5.41, 5.74) is 9.18. The Kier molecular flexibility index (Phi) is 6.90. The van der Waals surface area contributed by atoms with Gasteiger partial charge < -0.3 is 20.4 Å². The smallest absolute Gasteiger partial charge is 0.419 e. The van der Waals surface area contributed by atoms with Crippen molar-refractivity contribution >= 4 is 18.3 Å². The summed E-state index contributed by atoms with van der Waals surface area (Å²) < 4.78 is 0. The maximum atomic E-state index is 10.3. The van der Waals surface area contributed by atoms with Crippen LogP contribution in [0.1, 0.15) is 0 Å². The predicted octanol–water partition coefficient (Wildman–Crippen LogP) is -3.01. The van der Waals surface area contributed by atoms with Gasteiger partial charge in [0.15, 0.2) is 5.72 Å². The van der Waals surface area contributed by atoms with Gasteiger partial charge in [0.05, 0.1) is 13.1 Å². The molecule has 0 unspecified atom stereocenters. The Morgan fingerprint density at radius 3 is 1.47 bits per heavy atom. The van der Waals surface area contributed by atoms with Crippen LogP contribution >= 0.6 is 0 Å². The predicted molar refractivity (Wildman–Crippen MR) is 57.6 cm³/mol. The lowest BCUT2D eigenvalue weighted by atomic mass is 10.2. The molecule has 0 saturated heterocycles. The number of carboxylic acid groups (broad SMARTS) is 3. The Bertz CT molecular complexity index is 316. The zero-order chi connectivity index (χ0) is 14.9. The van der Waals surface area contributed by atoms with E-state index in [2.05, 4.69) is 10.9 Å². The second kappa shape index (κ2) is 7.88. The topological polar surface area (TPSA) is 204 Å². The largest absolute Gasteiger partial charge is 0.464 e. The molecule has 0 aromatic heterocycles. The molecule has 13 nitrogen and oxygen atoms in total. The van der Waals surface area contributed by atoms with Gasteiger partial charge in [0, 0.05) is 0 Å². The number of amides is 3. The SMILES string of the molecule is O=C(O)NNCC(O)(CNNC(=O)O)NNC(=O)O. The first-order chi connectivity index (χ1) is 8.75. The number of carbonyl (C=O) groups is 3. The number of nitrogens with one attached hydrogen (secondary N) is 6. The van der Waals surface area contributed by atoms with Crippen LogP contribution in [0, 0.1) is 0 Å². The molecule has 0 aromatic carbocycles. The van der Waals surface area contributed by atoms with E-state index in [1.165, 1.54) is 0 Å². The zero-order valence-electron chi connectivity index (χ0n) is 9.43. The lowest BCUT2D eigenvalue weighted by Crippen LogP contribution is -2.66. The Morgan fingerprint density at radius 2 is 1.16 bits per heavy atom. The summed E-state index contributed by atoms with van der Waals surface area (Å²) in [6.07, 6.45) is -4.36. The molecule has 0 fully saturated rings. The van der Waals surface area contributed by atoms with Gasteiger partial charge in [-0.25, -0.2) is 25.2 Å². The van der Waals surface area contributed by atoms with E-state index in [1.807, 2.05) is 5.43 Å². The molecule has 10 N–H and O–H groups in total. The molecular weight excluding hydrogens is 268 g/mol. The van der Waals surface area contributed by atoms with Crippen molar-refractivity contribution in [2.75, 3.05) is 13.1 Å². The Balaban J connectivity index is 4.29. The van der Waals surface area contributed by atoms with Crippen LogP contribution in [0.3, 0.4) is 0 Å². The van der Waals surface area contributed by atoms with E-state index in [0.717, 1.165) is 0 Å². The lowest BCUT2D eigenvalue weighted by molar-refractivity contribution is -0.0101. The molecule has 0 aliphatic rings. The van der Waals surface area contributed by atoms with Gasteiger partial charge in [0.25, 0.3) is 0 Å². The summed E-state index contributed by atoms with van der Waals surface area (Å²) in [7, 11) is 0. The molecule has 0 bridgehead atoms. The molecule has 110 valence electrons. The van der Waals surface area contributed by atoms with E-state index in [1.54, 1.807) is 16.3 Å². The van der Waals surface area contributed by atoms with Gasteiger partial charge in [0.2, 0.25) is 0 Å². The number of hydrogen-bond acceptors (Lipinski definition) is 7. The van der Waals surface area contributed by atoms with Crippen molar-refractivity contribution in [2.45, 2.75) is 5.72 Å². The van der Waals surface area contributed by atoms with Crippen LogP contribution < -0.4 is 32.6 Å². The highest BCUT2D eigenvalue weighted by atomic mass is 16.4. The quantitative estimate of drug-likeness (QED) is 0.161. The van der Waals surface area contributed by atoms with Gasteiger partial charge >= 0.3 is 18.3 Å². The average molecular weight is 282 g/mol. The zero-order valence-corrected chi connectivity index (χ0v) is 9.43. The fraction of sp³-hybridized carbons (Fsp3) is 0.500. The molecular formula is C6H14N6O7. The Hall–Kier alpha value is -2.35. The van der Waals surface area contributed by atoms with Crippen LogP contribution in [0.15, 0.2) is 0 Å². The normalized spacial score (nSPS) is 10.6. The van der Waals surface area contributed by atoms with Crippen LogP contribution in [0.25, 0.3) is 0 Å². The third kappa shape index (κ3) is 9.36. The maximum Gasteiger partial charge on any atom is 0.419 e. The third-order valence-corrected chi connectivity index (χ3v) is 1.55. The van der Waals surface area contributed by atoms with E-state index in [0.29, 0.717) is 0 Å². The molecule has 13 heteroatoms. The summed E-state index contributed by atoms with van der Waals surface area (Å²) in [5, 5.41) is 34.8. The number of hydrazine groups is 3. The molecule has 0 atom stereocenters. The fourth-order valence-electron chi connectivity index (χ4n) is 0.853. The van der Waals surface area contributed by atoms with Crippen LogP contribution in [-0.4, -0.2) is 57.5 Å². The first kappa shape index (κ1) is 16.6. The molecule has 0 rings (SSSR count). The second-order valence-corrected chi connectivity index (χ2v) is 3.15. The van der Waals surface area contributed by atoms with Gasteiger partial charge in [-0.1, -0.05) is 0 Å². The minimum absolute atomic E-state index is 0.478. The first-order valence-electron chi connectivity index (χ1n) is 4.67. The summed E-state index contributed by atoms with van der Waals surface area (Å²) in [5.74, 6) is 0. The molecule has 0 radical (unpaired) electrons. The molecule has 3 amide bonds. The van der Waals surface area contributed by atoms with Gasteiger partial charge in [-0.2, -0.15) is 5.43 Å². The fourth-order valence-corrected chi connectivity index (χ4v) is 0.853. The second-order valence-electron chi connectivity index (χ2n) is 3.15. The minimum atomic E-state index is -2.01. The molecule has 0 aromatic rings. The van der Waals surface area contributed by atoms with Crippen molar-refractivity contribution in [1.29, 1.82) is 0 Å². The molecule has 0 heterocycles. The van der Waals surface area contributed by atoms with Crippen LogP contribution in [0.2, 0.25) is 0 Å². The monoisotopic (exact) mass is 282 g/mol. The van der Waals surface area contributed by atoms with Crippen molar-refractivity contribution in [2.24, 2.45) is 0 Å². The van der Waals surface area contributed by atoms with E-state index in [9.17, 15) is 19.5 Å². The number of rotatable bonds is 8. The van der Waals surface area contributed by atoms with Gasteiger partial charge in [-0.05, 0) is 0 Å². The molecule has 0 aliphatic carbocycles. The van der Waals surface area contributed by atoms with E-state index in [4.69, 9.17) is 15.3 Å². The first-order valence-corrected chi connectivity index (χ1v) is 4.67. The number of hydrogen-bond donors (Lipinski definition) is 10. The van der Waals surface area contributed by atoms with Gasteiger partial charge in [0.1, 0.15) is 0 Å². The maximum absolute atomic E-state index is 10.3. The van der Waals surface area contributed by atoms with Crippen LogP contribution in [0.4, 0.5) is 14.4 Å². The third-order valence-electron chi connectivity index (χ3n) is 1.55. The Morgan fingerprint density at radius 1 is 0.789 bits per heavy atom. The minimum Gasteiger partial charge on any atom is -0.464 e. The van der Waals surface area contributed by atoms with Gasteiger partial charge in [-0.3, -0.25) is 16.3 Å². The van der Waals surface area contributed by atoms with Crippen molar-refractivity contribution in [3.63, 3.8) is 0 Å². The standard InChI is InChI=1S/C6H14N6O7/c13-3(14)9-7-1-6(19,12-11-5(17)18)2-8-10-4(15)16/h7-12,19H,1-2H2,(H,13,14)(H,15,16)(H,17,18). The summed E-state index contributed by atoms with van der Waals surface area (Å²) >= 11 is 0. The number of aliphatic hydroxyl groups is 1. The summed E-state index contributed by atoms with van der Waals surface area (Å²) in [6.45, 7) is -0.957. The summed E-state index contributed by atoms with van der Waals surface area (Å²) in [6, 6.07) is 0. The van der Waals surface area contributed by atoms with Crippen LogP contribution in [0.5, 0.6) is 0 Å². The van der Waals surface area contributed by atoms with Crippen LogP contribution in [-0.2, 0) is 0 Å². The molecule has 0 spiro atoms. The molecule has 0 saturated carbocycles. The molecule has 0 aliphatic heterocycles. The van der Waals surface area contributed by atoms with Gasteiger partial charge in [-0.15, -0.1) is 0 Å². The molecule has 19 heavy (non-hydrogen) atoms. The highest BCUT2D eigenvalue weighted by Gasteiger charge is 2.27. The van der Waals surface area contributed by atoms with Crippen molar-refractivity contribution in [3.05, 3.63) is 0 Å². The average Bonchev–Trinajstić information content (AvgIpc) is 2.25. The van der Waals surface area contributed by atoms with E-state index >= 15 is 0 Å². The summed E-state index contributed by atoms with van der Waals surface area (Å²) in [4.78, 5) is 30.6. The Labute approximate surface area is 105 Å². The lowest BCUT2D eigenvalue weighted by Gasteiger charge is -2.29. The van der Waals surface area contributed by atoms with Crippen molar-refractivity contribution < 1.29 is 34.8 Å². The van der Waals surface area contributed by atoms with Crippen molar-refractivity contribution in [3.8, 4) is 0 Å². The highest BCUT2D eigenvalue weighted by Crippen LogP contribution is 1.93. The van der Waals surface area contributed by atoms with E-state index < -0.39 is 37.1 Å². The van der Waals surface area contributed by atoms with Crippen molar-refractivity contribution in [1.82, 2.24) is 32.6 Å². The highest BCUT2D eigenvalue weighted by molar-refractivity contribution is 5.64. The van der Waals surface area contributed by atoms with E-state index in [-0.39, 0.29) is 0 Å².